The summed E-state index contributed by atoms with van der Waals surface area (Å²) < 4.78 is 11.0. The van der Waals surface area contributed by atoms with E-state index in [2.05, 4.69) is 183 Å². The Morgan fingerprint density at radius 2 is 0.842 bits per heavy atom. The lowest BCUT2D eigenvalue weighted by atomic mass is 9.99. The fourth-order valence-electron chi connectivity index (χ4n) is 8.80. The molecular formula is C52H32N4O. The highest BCUT2D eigenvalue weighted by Crippen LogP contribution is 2.40. The maximum absolute atomic E-state index is 6.26. The van der Waals surface area contributed by atoms with Crippen LogP contribution in [0, 0.1) is 0 Å². The molecule has 0 bridgehead atoms. The predicted octanol–water partition coefficient (Wildman–Crippen LogP) is 13.6. The first-order chi connectivity index (χ1) is 28.3. The molecule has 0 aliphatic carbocycles. The van der Waals surface area contributed by atoms with Crippen LogP contribution in [0.15, 0.2) is 199 Å². The van der Waals surface area contributed by atoms with Gasteiger partial charge in [0.25, 0.3) is 0 Å². The lowest BCUT2D eigenvalue weighted by Gasteiger charge is -2.10. The minimum Gasteiger partial charge on any atom is -0.452 e. The van der Waals surface area contributed by atoms with Gasteiger partial charge in [0.1, 0.15) is 23.1 Å². The minimum absolute atomic E-state index is 0.704. The Labute approximate surface area is 327 Å². The average Bonchev–Trinajstić information content (AvgIpc) is 3.94. The van der Waals surface area contributed by atoms with Crippen molar-refractivity contribution < 1.29 is 4.42 Å². The molecule has 0 spiro atoms. The summed E-state index contributed by atoms with van der Waals surface area (Å²) in [5.41, 5.74) is 15.8. The Kier molecular flexibility index (Phi) is 6.86. The van der Waals surface area contributed by atoms with Gasteiger partial charge in [-0.25, -0.2) is 9.97 Å². The largest absolute Gasteiger partial charge is 0.452 e. The first-order valence-electron chi connectivity index (χ1n) is 19.2. The average molecular weight is 729 g/mol. The Morgan fingerprint density at radius 1 is 0.351 bits per heavy atom. The highest BCUT2D eigenvalue weighted by Gasteiger charge is 2.18. The Hall–Kier alpha value is -7.76. The van der Waals surface area contributed by atoms with E-state index in [0.717, 1.165) is 50.2 Å². The second kappa shape index (κ2) is 12.4. The molecule has 12 rings (SSSR count). The number of furan rings is 1. The number of nitrogens with zero attached hydrogens (tertiary/aromatic N) is 4. The van der Waals surface area contributed by atoms with Crippen LogP contribution in [-0.2, 0) is 0 Å². The summed E-state index contributed by atoms with van der Waals surface area (Å²) in [5.74, 6) is 0. The standard InChI is InChI=1S/C52H32N4O/c1-3-11-33(12-4-1)35-21-26-47-43(29-35)44-31-37(23-28-48(44)55(47)38-13-5-2-6-14-38)36-22-27-46-42(30-36)40-15-7-9-17-45(40)56(46)39-24-19-34(20-25-39)50-52-51(54-32-53-50)41-16-8-10-18-49(41)57-52/h1-32H. The monoisotopic (exact) mass is 728 g/mol. The molecule has 4 heterocycles. The topological polar surface area (TPSA) is 48.8 Å². The van der Waals surface area contributed by atoms with E-state index in [1.165, 1.54) is 54.8 Å². The van der Waals surface area contributed by atoms with Crippen molar-refractivity contribution in [2.75, 3.05) is 0 Å². The summed E-state index contributed by atoms with van der Waals surface area (Å²) >= 11 is 0. The van der Waals surface area contributed by atoms with Gasteiger partial charge in [-0.2, -0.15) is 0 Å². The van der Waals surface area contributed by atoms with Gasteiger partial charge in [-0.05, 0) is 101 Å². The van der Waals surface area contributed by atoms with Crippen LogP contribution in [0.3, 0.4) is 0 Å². The van der Waals surface area contributed by atoms with Gasteiger partial charge in [0.05, 0.1) is 22.1 Å². The van der Waals surface area contributed by atoms with Gasteiger partial charge in [0, 0.05) is 43.9 Å². The highest BCUT2D eigenvalue weighted by molar-refractivity contribution is 6.13. The number of aromatic nitrogens is 4. The Morgan fingerprint density at radius 3 is 1.51 bits per heavy atom. The maximum atomic E-state index is 6.26. The molecule has 0 radical (unpaired) electrons. The first kappa shape index (κ1) is 31.6. The summed E-state index contributed by atoms with van der Waals surface area (Å²) in [6.45, 7) is 0. The second-order valence-corrected chi connectivity index (χ2v) is 14.6. The smallest absolute Gasteiger partial charge is 0.180 e. The van der Waals surface area contributed by atoms with E-state index in [-0.39, 0.29) is 0 Å². The lowest BCUT2D eigenvalue weighted by molar-refractivity contribution is 0.667. The number of para-hydroxylation sites is 3. The molecule has 0 atom stereocenters. The molecule has 4 aromatic heterocycles. The third-order valence-electron chi connectivity index (χ3n) is 11.4. The van der Waals surface area contributed by atoms with Gasteiger partial charge in [-0.3, -0.25) is 0 Å². The summed E-state index contributed by atoms with van der Waals surface area (Å²) in [5, 5.41) is 5.89. The Bertz CT molecular complexity index is 3500. The molecule has 8 aromatic carbocycles. The fraction of sp³-hybridized carbons (Fsp3) is 0. The molecule has 0 amide bonds. The van der Waals surface area contributed by atoms with Gasteiger partial charge in [0.15, 0.2) is 5.58 Å². The van der Waals surface area contributed by atoms with Crippen molar-refractivity contribution in [2.45, 2.75) is 0 Å². The zero-order valence-corrected chi connectivity index (χ0v) is 30.7. The summed E-state index contributed by atoms with van der Waals surface area (Å²) in [7, 11) is 0. The van der Waals surface area contributed by atoms with Crippen molar-refractivity contribution in [3.63, 3.8) is 0 Å². The minimum atomic E-state index is 0.704. The predicted molar refractivity (Wildman–Crippen MR) is 234 cm³/mol. The highest BCUT2D eigenvalue weighted by atomic mass is 16.3. The van der Waals surface area contributed by atoms with Crippen LogP contribution >= 0.6 is 0 Å². The number of rotatable bonds is 5. The van der Waals surface area contributed by atoms with Gasteiger partial charge in [-0.15, -0.1) is 0 Å². The summed E-state index contributed by atoms with van der Waals surface area (Å²) in [6, 6.07) is 67.3. The van der Waals surface area contributed by atoms with E-state index < -0.39 is 0 Å². The molecule has 12 aromatic rings. The molecule has 5 heteroatoms. The molecular weight excluding hydrogens is 697 g/mol. The number of benzene rings is 8. The van der Waals surface area contributed by atoms with Gasteiger partial charge < -0.3 is 13.6 Å². The van der Waals surface area contributed by atoms with Crippen LogP contribution in [0.5, 0.6) is 0 Å². The third-order valence-corrected chi connectivity index (χ3v) is 11.4. The van der Waals surface area contributed by atoms with E-state index in [4.69, 9.17) is 4.42 Å². The fourth-order valence-corrected chi connectivity index (χ4v) is 8.80. The van der Waals surface area contributed by atoms with Crippen LogP contribution in [0.4, 0.5) is 0 Å². The van der Waals surface area contributed by atoms with Gasteiger partial charge in [0.2, 0.25) is 0 Å². The zero-order valence-electron chi connectivity index (χ0n) is 30.7. The molecule has 0 unspecified atom stereocenters. The molecule has 0 fully saturated rings. The van der Waals surface area contributed by atoms with Crippen molar-refractivity contribution in [1.29, 1.82) is 0 Å². The van der Waals surface area contributed by atoms with E-state index in [0.29, 0.717) is 5.58 Å². The molecule has 0 aliphatic heterocycles. The molecule has 0 N–H and O–H groups in total. The van der Waals surface area contributed by atoms with E-state index >= 15 is 0 Å². The quantitative estimate of drug-likeness (QED) is 0.177. The normalized spacial score (nSPS) is 11.9. The van der Waals surface area contributed by atoms with Crippen molar-refractivity contribution >= 4 is 65.7 Å². The van der Waals surface area contributed by atoms with Gasteiger partial charge >= 0.3 is 0 Å². The lowest BCUT2D eigenvalue weighted by Crippen LogP contribution is -1.94. The number of hydrogen-bond donors (Lipinski definition) is 0. The number of hydrogen-bond acceptors (Lipinski definition) is 3. The van der Waals surface area contributed by atoms with Crippen LogP contribution in [0.1, 0.15) is 0 Å². The van der Waals surface area contributed by atoms with E-state index in [1.807, 2.05) is 24.3 Å². The molecule has 5 nitrogen and oxygen atoms in total. The molecule has 57 heavy (non-hydrogen) atoms. The first-order valence-corrected chi connectivity index (χ1v) is 19.2. The van der Waals surface area contributed by atoms with Crippen molar-refractivity contribution in [3.05, 3.63) is 194 Å². The van der Waals surface area contributed by atoms with E-state index in [9.17, 15) is 0 Å². The molecule has 266 valence electrons. The summed E-state index contributed by atoms with van der Waals surface area (Å²) in [4.78, 5) is 9.22. The molecule has 0 saturated heterocycles. The van der Waals surface area contributed by atoms with Crippen LogP contribution in [0.25, 0.3) is 111 Å². The van der Waals surface area contributed by atoms with Crippen LogP contribution < -0.4 is 0 Å². The SMILES string of the molecule is c1ccc(-c2ccc3c(c2)c2cc(-c4ccc5c(c4)c4ccccc4n5-c4ccc(-c5ncnc6c5oc5ccccc56)cc4)ccc2n3-c2ccccc2)cc1. The van der Waals surface area contributed by atoms with Crippen molar-refractivity contribution in [2.24, 2.45) is 0 Å². The molecule has 0 aliphatic rings. The zero-order chi connectivity index (χ0) is 37.5. The summed E-state index contributed by atoms with van der Waals surface area (Å²) in [6.07, 6.45) is 1.62. The van der Waals surface area contributed by atoms with Crippen molar-refractivity contribution in [3.8, 4) is 44.9 Å². The second-order valence-electron chi connectivity index (χ2n) is 14.6. The Balaban J connectivity index is 0.989. The van der Waals surface area contributed by atoms with Gasteiger partial charge in [-0.1, -0.05) is 109 Å². The number of fused-ring (bicyclic) bond motifs is 9. The third kappa shape index (κ3) is 4.89. The van der Waals surface area contributed by atoms with Crippen molar-refractivity contribution in [1.82, 2.24) is 19.1 Å². The van der Waals surface area contributed by atoms with E-state index in [1.54, 1.807) is 6.33 Å². The van der Waals surface area contributed by atoms with Crippen LogP contribution in [-0.4, -0.2) is 19.1 Å². The molecule has 0 saturated carbocycles. The van der Waals surface area contributed by atoms with Crippen LogP contribution in [0.2, 0.25) is 0 Å². The maximum Gasteiger partial charge on any atom is 0.180 e.